The molecular formula is C13H14N8O. The van der Waals surface area contributed by atoms with E-state index in [2.05, 4.69) is 36.0 Å². The standard InChI is InChI=1S/C13H14N8O/c22-13(14-7-12-15-8-16-18-12)11(21-9-17-19-20-21)6-10-4-2-1-3-5-10/h1-5,8-9,11H,6-7H2,(H,14,22)(H,15,16,18). The first-order valence-corrected chi connectivity index (χ1v) is 6.71. The fraction of sp³-hybridized carbons (Fsp3) is 0.231. The van der Waals surface area contributed by atoms with Crippen molar-refractivity contribution in [3.8, 4) is 0 Å². The van der Waals surface area contributed by atoms with Crippen molar-refractivity contribution in [3.05, 3.63) is 54.4 Å². The van der Waals surface area contributed by atoms with Gasteiger partial charge in [-0.2, -0.15) is 5.10 Å². The van der Waals surface area contributed by atoms with E-state index in [4.69, 9.17) is 0 Å². The summed E-state index contributed by atoms with van der Waals surface area (Å²) in [5, 5.41) is 20.3. The SMILES string of the molecule is O=C(NCc1ncn[nH]1)C(Cc1ccccc1)n1cnnn1. The van der Waals surface area contributed by atoms with Gasteiger partial charge in [-0.05, 0) is 16.0 Å². The average Bonchev–Trinajstić information content (AvgIpc) is 3.24. The summed E-state index contributed by atoms with van der Waals surface area (Å²) in [5.74, 6) is 0.399. The molecule has 0 spiro atoms. The van der Waals surface area contributed by atoms with Gasteiger partial charge in [0.15, 0.2) is 0 Å². The van der Waals surface area contributed by atoms with E-state index >= 15 is 0 Å². The van der Waals surface area contributed by atoms with Crippen LogP contribution in [-0.2, 0) is 17.8 Å². The summed E-state index contributed by atoms with van der Waals surface area (Å²) in [6.45, 7) is 0.270. The van der Waals surface area contributed by atoms with Gasteiger partial charge in [0.2, 0.25) is 5.91 Å². The number of aromatic amines is 1. The Morgan fingerprint density at radius 1 is 1.32 bits per heavy atom. The third-order valence-electron chi connectivity index (χ3n) is 3.15. The number of carbonyl (C=O) groups excluding carboxylic acids is 1. The molecule has 3 rings (SSSR count). The van der Waals surface area contributed by atoms with Gasteiger partial charge < -0.3 is 5.32 Å². The second-order valence-corrected chi connectivity index (χ2v) is 4.65. The molecule has 1 unspecified atom stereocenters. The lowest BCUT2D eigenvalue weighted by molar-refractivity contribution is -0.124. The molecule has 9 nitrogen and oxygen atoms in total. The predicted octanol–water partition coefficient (Wildman–Crippen LogP) is -0.109. The molecule has 2 heterocycles. The summed E-state index contributed by atoms with van der Waals surface area (Å²) >= 11 is 0. The van der Waals surface area contributed by atoms with Crippen molar-refractivity contribution in [1.82, 2.24) is 40.7 Å². The first-order valence-electron chi connectivity index (χ1n) is 6.71. The maximum absolute atomic E-state index is 12.5. The van der Waals surface area contributed by atoms with Gasteiger partial charge in [0.1, 0.15) is 24.5 Å². The third kappa shape index (κ3) is 3.32. The van der Waals surface area contributed by atoms with Crippen LogP contribution in [0.15, 0.2) is 43.0 Å². The second kappa shape index (κ2) is 6.57. The molecule has 2 N–H and O–H groups in total. The first-order chi connectivity index (χ1) is 10.8. The number of amides is 1. The molecule has 0 saturated carbocycles. The van der Waals surface area contributed by atoms with Gasteiger partial charge in [-0.15, -0.1) is 5.10 Å². The Morgan fingerprint density at radius 3 is 2.86 bits per heavy atom. The lowest BCUT2D eigenvalue weighted by Crippen LogP contribution is -2.34. The van der Waals surface area contributed by atoms with Crippen molar-refractivity contribution >= 4 is 5.91 Å². The summed E-state index contributed by atoms with van der Waals surface area (Å²) in [6.07, 6.45) is 3.32. The van der Waals surface area contributed by atoms with Crippen molar-refractivity contribution in [2.24, 2.45) is 0 Å². The fourth-order valence-corrected chi connectivity index (χ4v) is 2.06. The monoisotopic (exact) mass is 298 g/mol. The van der Waals surface area contributed by atoms with E-state index in [0.29, 0.717) is 12.2 Å². The first kappa shape index (κ1) is 13.9. The molecule has 1 aromatic carbocycles. The van der Waals surface area contributed by atoms with E-state index in [1.807, 2.05) is 30.3 Å². The van der Waals surface area contributed by atoms with Crippen LogP contribution < -0.4 is 5.32 Å². The van der Waals surface area contributed by atoms with Crippen molar-refractivity contribution < 1.29 is 4.79 Å². The topological polar surface area (TPSA) is 114 Å². The lowest BCUT2D eigenvalue weighted by Gasteiger charge is -2.15. The highest BCUT2D eigenvalue weighted by Gasteiger charge is 2.22. The number of nitrogens with zero attached hydrogens (tertiary/aromatic N) is 6. The number of benzene rings is 1. The van der Waals surface area contributed by atoms with Gasteiger partial charge in [-0.3, -0.25) is 9.89 Å². The minimum absolute atomic E-state index is 0.187. The van der Waals surface area contributed by atoms with Gasteiger partial charge in [-0.1, -0.05) is 30.3 Å². The molecule has 0 aliphatic rings. The largest absolute Gasteiger partial charge is 0.347 e. The normalized spacial score (nSPS) is 12.0. The van der Waals surface area contributed by atoms with E-state index in [-0.39, 0.29) is 12.5 Å². The Kier molecular flexibility index (Phi) is 4.14. The van der Waals surface area contributed by atoms with Crippen molar-refractivity contribution in [2.75, 3.05) is 0 Å². The Bertz CT molecular complexity index is 695. The molecular weight excluding hydrogens is 284 g/mol. The zero-order valence-corrected chi connectivity index (χ0v) is 11.6. The molecule has 2 aromatic heterocycles. The van der Waals surface area contributed by atoms with Crippen LogP contribution in [0.1, 0.15) is 17.4 Å². The number of hydrogen-bond donors (Lipinski definition) is 2. The smallest absolute Gasteiger partial charge is 0.245 e. The van der Waals surface area contributed by atoms with Crippen molar-refractivity contribution in [2.45, 2.75) is 19.0 Å². The average molecular weight is 298 g/mol. The van der Waals surface area contributed by atoms with Crippen molar-refractivity contribution in [3.63, 3.8) is 0 Å². The van der Waals surface area contributed by atoms with E-state index < -0.39 is 6.04 Å². The van der Waals surface area contributed by atoms with Crippen LogP contribution in [0, 0.1) is 0 Å². The van der Waals surface area contributed by atoms with Gasteiger partial charge in [-0.25, -0.2) is 9.67 Å². The second-order valence-electron chi connectivity index (χ2n) is 4.65. The summed E-state index contributed by atoms with van der Waals surface area (Å²) in [4.78, 5) is 16.4. The molecule has 9 heteroatoms. The molecule has 22 heavy (non-hydrogen) atoms. The van der Waals surface area contributed by atoms with Gasteiger partial charge in [0.25, 0.3) is 0 Å². The molecule has 0 fully saturated rings. The summed E-state index contributed by atoms with van der Waals surface area (Å²) in [5.41, 5.74) is 1.03. The maximum atomic E-state index is 12.5. The van der Waals surface area contributed by atoms with Gasteiger partial charge in [0.05, 0.1) is 6.54 Å². The van der Waals surface area contributed by atoms with E-state index in [1.54, 1.807) is 0 Å². The predicted molar refractivity (Wildman–Crippen MR) is 75.2 cm³/mol. The van der Waals surface area contributed by atoms with E-state index in [1.165, 1.54) is 17.3 Å². The van der Waals surface area contributed by atoms with Crippen LogP contribution in [-0.4, -0.2) is 41.3 Å². The Morgan fingerprint density at radius 2 is 2.18 bits per heavy atom. The number of rotatable bonds is 6. The number of tetrazole rings is 1. The highest BCUT2D eigenvalue weighted by Crippen LogP contribution is 2.13. The molecule has 0 radical (unpaired) electrons. The summed E-state index contributed by atoms with van der Waals surface area (Å²) < 4.78 is 1.45. The molecule has 0 aliphatic heterocycles. The number of carbonyl (C=O) groups is 1. The highest BCUT2D eigenvalue weighted by molar-refractivity contribution is 5.80. The fourth-order valence-electron chi connectivity index (χ4n) is 2.06. The van der Waals surface area contributed by atoms with Gasteiger partial charge >= 0.3 is 0 Å². The summed E-state index contributed by atoms with van der Waals surface area (Å²) in [6, 6.07) is 9.18. The Labute approximate surface area is 125 Å². The zero-order valence-electron chi connectivity index (χ0n) is 11.6. The molecule has 3 aromatic rings. The molecule has 0 aliphatic carbocycles. The van der Waals surface area contributed by atoms with Crippen LogP contribution in [0.25, 0.3) is 0 Å². The quantitative estimate of drug-likeness (QED) is 0.656. The van der Waals surface area contributed by atoms with Crippen LogP contribution in [0.3, 0.4) is 0 Å². The van der Waals surface area contributed by atoms with Gasteiger partial charge in [0, 0.05) is 6.42 Å². The van der Waals surface area contributed by atoms with Crippen LogP contribution in [0.5, 0.6) is 0 Å². The lowest BCUT2D eigenvalue weighted by atomic mass is 10.1. The number of hydrogen-bond acceptors (Lipinski definition) is 6. The van der Waals surface area contributed by atoms with Crippen LogP contribution in [0.2, 0.25) is 0 Å². The number of nitrogens with one attached hydrogen (secondary N) is 2. The van der Waals surface area contributed by atoms with Crippen molar-refractivity contribution in [1.29, 1.82) is 0 Å². The molecule has 0 saturated heterocycles. The van der Waals surface area contributed by atoms with E-state index in [0.717, 1.165) is 5.56 Å². The molecule has 1 atom stereocenters. The zero-order chi connectivity index (χ0) is 15.2. The third-order valence-corrected chi connectivity index (χ3v) is 3.15. The molecule has 1 amide bonds. The Hall–Kier alpha value is -3.10. The minimum atomic E-state index is -0.527. The Balaban J connectivity index is 1.72. The molecule has 112 valence electrons. The molecule has 0 bridgehead atoms. The number of aromatic nitrogens is 7. The maximum Gasteiger partial charge on any atom is 0.245 e. The highest BCUT2D eigenvalue weighted by atomic mass is 16.2. The van der Waals surface area contributed by atoms with Crippen LogP contribution >= 0.6 is 0 Å². The minimum Gasteiger partial charge on any atom is -0.347 e. The number of H-pyrrole nitrogens is 1. The van der Waals surface area contributed by atoms with Crippen LogP contribution in [0.4, 0.5) is 0 Å². The summed E-state index contributed by atoms with van der Waals surface area (Å²) in [7, 11) is 0. The van der Waals surface area contributed by atoms with E-state index in [9.17, 15) is 4.79 Å².